The summed E-state index contributed by atoms with van der Waals surface area (Å²) in [6.45, 7) is 1.92. The van der Waals surface area contributed by atoms with Gasteiger partial charge < -0.3 is 5.73 Å². The number of rotatable bonds is 4. The van der Waals surface area contributed by atoms with Gasteiger partial charge in [0.25, 0.3) is 5.56 Å². The zero-order valence-corrected chi connectivity index (χ0v) is 15.3. The van der Waals surface area contributed by atoms with Crippen molar-refractivity contribution in [2.45, 2.75) is 11.9 Å². The van der Waals surface area contributed by atoms with Gasteiger partial charge in [-0.1, -0.05) is 36.0 Å². The van der Waals surface area contributed by atoms with Gasteiger partial charge in [-0.25, -0.2) is 14.8 Å². The third-order valence-corrected chi connectivity index (χ3v) is 5.00. The molecule has 0 spiro atoms. The third-order valence-electron chi connectivity index (χ3n) is 4.00. The number of nitrogens with two attached hydrogens (primary N) is 1. The minimum Gasteiger partial charge on any atom is -0.369 e. The van der Waals surface area contributed by atoms with Gasteiger partial charge in [-0.15, -0.1) is 0 Å². The number of hydrogen-bond acceptors (Lipinski definition) is 6. The second kappa shape index (κ2) is 6.75. The van der Waals surface area contributed by atoms with Crippen LogP contribution in [0.2, 0.25) is 0 Å². The predicted molar refractivity (Wildman–Crippen MR) is 100 cm³/mol. The first-order chi connectivity index (χ1) is 12.3. The normalized spacial score (nSPS) is 11.0. The van der Waals surface area contributed by atoms with Crippen LogP contribution < -0.4 is 17.0 Å². The molecule has 0 saturated carbocycles. The highest BCUT2D eigenvalue weighted by Crippen LogP contribution is 2.27. The summed E-state index contributed by atoms with van der Waals surface area (Å²) in [5.74, 6) is -0.183. The van der Waals surface area contributed by atoms with Crippen LogP contribution >= 0.6 is 11.8 Å². The predicted octanol–water partition coefficient (Wildman–Crippen LogP) is 0.580. The summed E-state index contributed by atoms with van der Waals surface area (Å²) in [6, 6.07) is 7.53. The molecular weight excluding hydrogens is 354 g/mol. The second-order valence-corrected chi connectivity index (χ2v) is 6.79. The molecule has 0 fully saturated rings. The van der Waals surface area contributed by atoms with Crippen LogP contribution in [0.15, 0.2) is 38.9 Å². The van der Waals surface area contributed by atoms with Crippen LogP contribution in [0.1, 0.15) is 5.56 Å². The summed E-state index contributed by atoms with van der Waals surface area (Å²) in [5.41, 5.74) is 6.20. The van der Waals surface area contributed by atoms with Gasteiger partial charge in [0.1, 0.15) is 10.4 Å². The van der Waals surface area contributed by atoms with Crippen molar-refractivity contribution in [1.82, 2.24) is 19.1 Å². The van der Waals surface area contributed by atoms with E-state index in [0.29, 0.717) is 10.9 Å². The maximum absolute atomic E-state index is 12.6. The Labute approximate surface area is 152 Å². The Hall–Kier alpha value is -2.94. The van der Waals surface area contributed by atoms with E-state index < -0.39 is 17.2 Å². The quantitative estimate of drug-likeness (QED) is 0.530. The smallest absolute Gasteiger partial charge is 0.332 e. The average Bonchev–Trinajstić information content (AvgIpc) is 2.62. The SMILES string of the molecule is Cc1ccccc1-c1nc(SCC(N)=O)c2c(=O)n(C)c(=O)n(C)c2n1. The molecule has 9 heteroatoms. The first-order valence-electron chi connectivity index (χ1n) is 7.76. The number of aromatic nitrogens is 4. The van der Waals surface area contributed by atoms with Crippen molar-refractivity contribution in [3.8, 4) is 11.4 Å². The molecule has 0 radical (unpaired) electrons. The molecule has 0 atom stereocenters. The molecule has 2 aromatic heterocycles. The lowest BCUT2D eigenvalue weighted by molar-refractivity contribution is -0.115. The number of nitrogens with zero attached hydrogens (tertiary/aromatic N) is 4. The summed E-state index contributed by atoms with van der Waals surface area (Å²) >= 11 is 1.06. The number of carbonyl (C=O) groups is 1. The van der Waals surface area contributed by atoms with Crippen molar-refractivity contribution in [3.05, 3.63) is 50.7 Å². The lowest BCUT2D eigenvalue weighted by Crippen LogP contribution is -2.37. The molecule has 0 saturated heterocycles. The van der Waals surface area contributed by atoms with Crippen molar-refractivity contribution in [2.24, 2.45) is 19.8 Å². The van der Waals surface area contributed by atoms with Gasteiger partial charge in [0.2, 0.25) is 5.91 Å². The van der Waals surface area contributed by atoms with Crippen LogP contribution in [-0.2, 0) is 18.9 Å². The van der Waals surface area contributed by atoms with E-state index in [1.54, 1.807) is 7.05 Å². The molecule has 0 aliphatic carbocycles. The standard InChI is InChI=1S/C17H17N5O3S/c1-9-6-4-5-7-10(9)13-19-14-12(15(20-13)26-8-11(18)23)16(24)22(3)17(25)21(14)2/h4-7H,8H2,1-3H3,(H2,18,23). The van der Waals surface area contributed by atoms with Crippen molar-refractivity contribution >= 4 is 28.7 Å². The molecule has 0 unspecified atom stereocenters. The Bertz CT molecular complexity index is 1150. The molecule has 3 rings (SSSR count). The molecular formula is C17H17N5O3S. The number of amides is 1. The fraction of sp³-hybridized carbons (Fsp3) is 0.235. The lowest BCUT2D eigenvalue weighted by atomic mass is 10.1. The first kappa shape index (κ1) is 17.9. The van der Waals surface area contributed by atoms with Gasteiger partial charge in [0.15, 0.2) is 11.5 Å². The summed E-state index contributed by atoms with van der Waals surface area (Å²) in [6.07, 6.45) is 0. The summed E-state index contributed by atoms with van der Waals surface area (Å²) in [5, 5.41) is 0.515. The number of carbonyl (C=O) groups excluding carboxylic acids is 1. The molecule has 1 aromatic carbocycles. The van der Waals surface area contributed by atoms with E-state index in [1.165, 1.54) is 11.6 Å². The van der Waals surface area contributed by atoms with Crippen LogP contribution in [0.25, 0.3) is 22.4 Å². The van der Waals surface area contributed by atoms with Gasteiger partial charge in [-0.3, -0.25) is 18.7 Å². The number of hydrogen-bond donors (Lipinski definition) is 1. The van der Waals surface area contributed by atoms with E-state index in [1.807, 2.05) is 31.2 Å². The second-order valence-electron chi connectivity index (χ2n) is 5.83. The van der Waals surface area contributed by atoms with Crippen molar-refractivity contribution in [1.29, 1.82) is 0 Å². The van der Waals surface area contributed by atoms with Crippen LogP contribution in [0.5, 0.6) is 0 Å². The van der Waals surface area contributed by atoms with Gasteiger partial charge in [0.05, 0.1) is 5.75 Å². The molecule has 8 nitrogen and oxygen atoms in total. The molecule has 0 aliphatic heterocycles. The number of fused-ring (bicyclic) bond motifs is 1. The molecule has 3 aromatic rings. The van der Waals surface area contributed by atoms with E-state index in [4.69, 9.17) is 5.73 Å². The highest BCUT2D eigenvalue weighted by molar-refractivity contribution is 8.00. The van der Waals surface area contributed by atoms with E-state index >= 15 is 0 Å². The molecule has 2 heterocycles. The number of aryl methyl sites for hydroxylation is 2. The van der Waals surface area contributed by atoms with E-state index in [2.05, 4.69) is 9.97 Å². The molecule has 0 aliphatic rings. The summed E-state index contributed by atoms with van der Waals surface area (Å²) < 4.78 is 2.29. The number of primary amides is 1. The van der Waals surface area contributed by atoms with Gasteiger partial charge in [0, 0.05) is 19.7 Å². The average molecular weight is 371 g/mol. The van der Waals surface area contributed by atoms with E-state index in [9.17, 15) is 14.4 Å². The zero-order chi connectivity index (χ0) is 19.0. The monoisotopic (exact) mass is 371 g/mol. The summed E-state index contributed by atoms with van der Waals surface area (Å²) in [4.78, 5) is 45.1. The Morgan fingerprint density at radius 1 is 1.15 bits per heavy atom. The Morgan fingerprint density at radius 2 is 1.85 bits per heavy atom. The number of benzene rings is 1. The van der Waals surface area contributed by atoms with E-state index in [0.717, 1.165) is 27.5 Å². The van der Waals surface area contributed by atoms with Gasteiger partial charge >= 0.3 is 5.69 Å². The van der Waals surface area contributed by atoms with Crippen molar-refractivity contribution in [3.63, 3.8) is 0 Å². The van der Waals surface area contributed by atoms with Crippen LogP contribution in [-0.4, -0.2) is 30.8 Å². The molecule has 2 N–H and O–H groups in total. The highest BCUT2D eigenvalue weighted by atomic mass is 32.2. The van der Waals surface area contributed by atoms with Crippen molar-refractivity contribution < 1.29 is 4.79 Å². The topological polar surface area (TPSA) is 113 Å². The number of thioether (sulfide) groups is 1. The van der Waals surface area contributed by atoms with Crippen LogP contribution in [0.4, 0.5) is 0 Å². The Morgan fingerprint density at radius 3 is 2.50 bits per heavy atom. The fourth-order valence-corrected chi connectivity index (χ4v) is 3.37. The summed E-state index contributed by atoms with van der Waals surface area (Å²) in [7, 11) is 2.93. The maximum Gasteiger partial charge on any atom is 0.332 e. The van der Waals surface area contributed by atoms with Crippen LogP contribution in [0.3, 0.4) is 0 Å². The van der Waals surface area contributed by atoms with Gasteiger partial charge in [-0.2, -0.15) is 0 Å². The molecule has 1 amide bonds. The third kappa shape index (κ3) is 3.01. The Balaban J connectivity index is 2.40. The first-order valence-corrected chi connectivity index (χ1v) is 8.74. The Kier molecular flexibility index (Phi) is 4.64. The maximum atomic E-state index is 12.6. The molecule has 134 valence electrons. The highest BCUT2D eigenvalue weighted by Gasteiger charge is 2.19. The van der Waals surface area contributed by atoms with Crippen molar-refractivity contribution in [2.75, 3.05) is 5.75 Å². The van der Waals surface area contributed by atoms with E-state index in [-0.39, 0.29) is 16.8 Å². The minimum absolute atomic E-state index is 0.0364. The van der Waals surface area contributed by atoms with Gasteiger partial charge in [-0.05, 0) is 12.5 Å². The molecule has 26 heavy (non-hydrogen) atoms. The van der Waals surface area contributed by atoms with Crippen LogP contribution in [0, 0.1) is 6.92 Å². The largest absolute Gasteiger partial charge is 0.369 e. The zero-order valence-electron chi connectivity index (χ0n) is 14.5. The molecule has 0 bridgehead atoms. The minimum atomic E-state index is -0.527. The fourth-order valence-electron chi connectivity index (χ4n) is 2.62. The lowest BCUT2D eigenvalue weighted by Gasteiger charge is -2.12.